The molecule has 0 aromatic carbocycles. The molecule has 0 saturated heterocycles. The van der Waals surface area contributed by atoms with Crippen LogP contribution in [0.2, 0.25) is 0 Å². The average molecular weight is 473 g/mol. The highest BCUT2D eigenvalue weighted by molar-refractivity contribution is 5.64. The Morgan fingerprint density at radius 3 is 1.41 bits per heavy atom. The molecule has 0 atom stereocenters. The lowest BCUT2D eigenvalue weighted by Gasteiger charge is -2.20. The molecular weight excluding hydrogens is 432 g/mol. The molecule has 2 N–H and O–H groups in total. The van der Waals surface area contributed by atoms with Crippen LogP contribution in [0, 0.1) is 10.8 Å². The lowest BCUT2D eigenvalue weighted by Crippen LogP contribution is -2.16. The standard InChI is InChI=1S/C28H40O6/c1-27(2,19-29)13-7-5-9-23-15-21(31)17-25(33-23)11-12-26-18-22(32)16-24(34-26)10-6-8-14-28(3,4)20-30/h11-12,15-18,29-30H,5-10,13-14,19-20H2,1-4H3/b12-11-. The molecule has 6 heteroatoms. The van der Waals surface area contributed by atoms with Gasteiger partial charge in [0.2, 0.25) is 0 Å². The van der Waals surface area contributed by atoms with Gasteiger partial charge in [0.15, 0.2) is 10.9 Å². The van der Waals surface area contributed by atoms with Crippen molar-refractivity contribution in [3.8, 4) is 0 Å². The number of hydrogen-bond acceptors (Lipinski definition) is 6. The van der Waals surface area contributed by atoms with Crippen molar-refractivity contribution in [3.05, 3.63) is 67.8 Å². The van der Waals surface area contributed by atoms with Crippen LogP contribution in [0.25, 0.3) is 12.2 Å². The number of aryl methyl sites for hydroxylation is 2. The molecule has 34 heavy (non-hydrogen) atoms. The maximum absolute atomic E-state index is 12.1. The van der Waals surface area contributed by atoms with E-state index in [-0.39, 0.29) is 34.9 Å². The first-order valence-corrected chi connectivity index (χ1v) is 12.2. The minimum Gasteiger partial charge on any atom is -0.461 e. The summed E-state index contributed by atoms with van der Waals surface area (Å²) in [5.74, 6) is 2.07. The maximum Gasteiger partial charge on any atom is 0.185 e. The lowest BCUT2D eigenvalue weighted by atomic mass is 9.88. The predicted molar refractivity (Wildman–Crippen MR) is 136 cm³/mol. The third-order valence-corrected chi connectivity index (χ3v) is 5.99. The van der Waals surface area contributed by atoms with Crippen molar-refractivity contribution in [1.82, 2.24) is 0 Å². The summed E-state index contributed by atoms with van der Waals surface area (Å²) in [5.41, 5.74) is -0.449. The van der Waals surface area contributed by atoms with E-state index in [9.17, 15) is 19.8 Å². The SMILES string of the molecule is CC(C)(CO)CCCCc1cc(=O)cc(/C=C\c2cc(=O)cc(CCCCC(C)(C)CO)o2)o1. The van der Waals surface area contributed by atoms with Crippen LogP contribution < -0.4 is 10.9 Å². The third kappa shape index (κ3) is 10.2. The summed E-state index contributed by atoms with van der Waals surface area (Å²) in [7, 11) is 0. The van der Waals surface area contributed by atoms with Crippen molar-refractivity contribution in [1.29, 1.82) is 0 Å². The average Bonchev–Trinajstić information content (AvgIpc) is 2.78. The van der Waals surface area contributed by atoms with Gasteiger partial charge in [0, 0.05) is 50.3 Å². The molecule has 2 rings (SSSR count). The van der Waals surface area contributed by atoms with E-state index in [4.69, 9.17) is 8.83 Å². The highest BCUT2D eigenvalue weighted by Crippen LogP contribution is 2.24. The quantitative estimate of drug-likeness (QED) is 0.365. The summed E-state index contributed by atoms with van der Waals surface area (Å²) in [6.07, 6.45) is 10.0. The van der Waals surface area contributed by atoms with E-state index in [1.165, 1.54) is 24.3 Å². The molecule has 0 radical (unpaired) electrons. The van der Waals surface area contributed by atoms with Crippen molar-refractivity contribution >= 4 is 12.2 Å². The zero-order valence-electron chi connectivity index (χ0n) is 21.1. The first-order valence-electron chi connectivity index (χ1n) is 12.2. The van der Waals surface area contributed by atoms with Crippen molar-refractivity contribution in [3.63, 3.8) is 0 Å². The van der Waals surface area contributed by atoms with E-state index in [0.29, 0.717) is 35.9 Å². The fourth-order valence-electron chi connectivity index (χ4n) is 3.64. The van der Waals surface area contributed by atoms with Crippen LogP contribution in [0.15, 0.2) is 42.7 Å². The van der Waals surface area contributed by atoms with E-state index in [1.807, 2.05) is 27.7 Å². The smallest absolute Gasteiger partial charge is 0.185 e. The van der Waals surface area contributed by atoms with Gasteiger partial charge in [-0.1, -0.05) is 40.5 Å². The maximum atomic E-state index is 12.1. The summed E-state index contributed by atoms with van der Waals surface area (Å²) >= 11 is 0. The van der Waals surface area contributed by atoms with Crippen LogP contribution in [0.3, 0.4) is 0 Å². The molecule has 2 aromatic rings. The normalized spacial score (nSPS) is 12.5. The molecule has 2 aromatic heterocycles. The van der Waals surface area contributed by atoms with Crippen molar-refractivity contribution < 1.29 is 19.0 Å². The predicted octanol–water partition coefficient (Wildman–Crippen LogP) is 5.23. The second-order valence-electron chi connectivity index (χ2n) is 10.7. The molecular formula is C28H40O6. The summed E-state index contributed by atoms with van der Waals surface area (Å²) in [4.78, 5) is 24.2. The van der Waals surface area contributed by atoms with Gasteiger partial charge in [-0.05, 0) is 48.7 Å². The van der Waals surface area contributed by atoms with Gasteiger partial charge in [0.25, 0.3) is 0 Å². The second kappa shape index (κ2) is 12.9. The molecule has 2 heterocycles. The molecule has 0 saturated carbocycles. The van der Waals surface area contributed by atoms with Gasteiger partial charge >= 0.3 is 0 Å². The van der Waals surface area contributed by atoms with Crippen LogP contribution >= 0.6 is 0 Å². The van der Waals surface area contributed by atoms with Crippen molar-refractivity contribution in [2.24, 2.45) is 10.8 Å². The Balaban J connectivity index is 1.99. The summed E-state index contributed by atoms with van der Waals surface area (Å²) < 4.78 is 11.7. The lowest BCUT2D eigenvalue weighted by molar-refractivity contribution is 0.147. The molecule has 0 fully saturated rings. The Morgan fingerprint density at radius 1 is 0.676 bits per heavy atom. The fraction of sp³-hybridized carbons (Fsp3) is 0.571. The van der Waals surface area contributed by atoms with Crippen LogP contribution in [0.1, 0.15) is 89.3 Å². The minimum atomic E-state index is -0.127. The Bertz CT molecular complexity index is 958. The van der Waals surface area contributed by atoms with Crippen molar-refractivity contribution in [2.45, 2.75) is 79.1 Å². The number of rotatable bonds is 14. The van der Waals surface area contributed by atoms with Gasteiger partial charge in [0.05, 0.1) is 0 Å². The van der Waals surface area contributed by atoms with Gasteiger partial charge in [-0.25, -0.2) is 0 Å². The molecule has 188 valence electrons. The molecule has 0 amide bonds. The molecule has 0 aliphatic rings. The van der Waals surface area contributed by atoms with Crippen LogP contribution in [0.4, 0.5) is 0 Å². The first-order chi connectivity index (χ1) is 16.0. The monoisotopic (exact) mass is 472 g/mol. The van der Waals surface area contributed by atoms with E-state index in [2.05, 4.69) is 0 Å². The fourth-order valence-corrected chi connectivity index (χ4v) is 3.64. The zero-order chi connectivity index (χ0) is 25.2. The second-order valence-corrected chi connectivity index (χ2v) is 10.7. The zero-order valence-corrected chi connectivity index (χ0v) is 21.1. The van der Waals surface area contributed by atoms with E-state index >= 15 is 0 Å². The van der Waals surface area contributed by atoms with Crippen molar-refractivity contribution in [2.75, 3.05) is 13.2 Å². The summed E-state index contributed by atoms with van der Waals surface area (Å²) in [6.45, 7) is 8.44. The Hall–Kier alpha value is -2.44. The number of unbranched alkanes of at least 4 members (excludes halogenated alkanes) is 2. The molecule has 0 aliphatic heterocycles. The molecule has 0 unspecified atom stereocenters. The Labute approximate surface area is 202 Å². The van der Waals surface area contributed by atoms with Crippen LogP contribution in [-0.4, -0.2) is 23.4 Å². The Kier molecular flexibility index (Phi) is 10.5. The minimum absolute atomic E-state index is 0.0973. The highest BCUT2D eigenvalue weighted by Gasteiger charge is 2.16. The van der Waals surface area contributed by atoms with Gasteiger partial charge in [-0.15, -0.1) is 0 Å². The van der Waals surface area contributed by atoms with Gasteiger partial charge < -0.3 is 19.0 Å². The topological polar surface area (TPSA) is 101 Å². The number of hydrogen-bond donors (Lipinski definition) is 2. The van der Waals surface area contributed by atoms with Gasteiger partial charge in [0.1, 0.15) is 23.0 Å². The summed E-state index contributed by atoms with van der Waals surface area (Å²) in [6, 6.07) is 5.85. The summed E-state index contributed by atoms with van der Waals surface area (Å²) in [5, 5.41) is 18.7. The molecule has 0 spiro atoms. The number of aliphatic hydroxyl groups is 2. The van der Waals surface area contributed by atoms with Gasteiger partial charge in [-0.3, -0.25) is 9.59 Å². The van der Waals surface area contributed by atoms with Crippen LogP contribution in [0.5, 0.6) is 0 Å². The van der Waals surface area contributed by atoms with Crippen LogP contribution in [-0.2, 0) is 12.8 Å². The third-order valence-electron chi connectivity index (χ3n) is 5.99. The van der Waals surface area contributed by atoms with E-state index in [0.717, 1.165) is 38.5 Å². The molecule has 0 aliphatic carbocycles. The van der Waals surface area contributed by atoms with E-state index < -0.39 is 0 Å². The highest BCUT2D eigenvalue weighted by atomic mass is 16.3. The largest absolute Gasteiger partial charge is 0.461 e. The first kappa shape index (κ1) is 27.8. The number of aliphatic hydroxyl groups excluding tert-OH is 2. The Morgan fingerprint density at radius 2 is 1.06 bits per heavy atom. The molecule has 0 bridgehead atoms. The van der Waals surface area contributed by atoms with E-state index in [1.54, 1.807) is 12.2 Å². The molecule has 6 nitrogen and oxygen atoms in total. The van der Waals surface area contributed by atoms with Gasteiger partial charge in [-0.2, -0.15) is 0 Å².